The van der Waals surface area contributed by atoms with Crippen LogP contribution in [0.5, 0.6) is 5.75 Å². The molecule has 3 rings (SSSR count). The maximum atomic E-state index is 13.0. The maximum absolute atomic E-state index is 13.0. The highest BCUT2D eigenvalue weighted by atomic mass is 35.5. The second-order valence-corrected chi connectivity index (χ2v) is 5.34. The molecule has 0 aromatic heterocycles. The van der Waals surface area contributed by atoms with Gasteiger partial charge < -0.3 is 4.74 Å². The van der Waals surface area contributed by atoms with Crippen molar-refractivity contribution in [3.05, 3.63) is 63.9 Å². The molecule has 4 heteroatoms. The number of hydrogen-bond acceptors (Lipinski definition) is 1. The van der Waals surface area contributed by atoms with Gasteiger partial charge in [0.1, 0.15) is 11.6 Å². The summed E-state index contributed by atoms with van der Waals surface area (Å²) in [4.78, 5) is 0. The van der Waals surface area contributed by atoms with Gasteiger partial charge in [0.2, 0.25) is 0 Å². The van der Waals surface area contributed by atoms with E-state index in [-0.39, 0.29) is 11.2 Å². The second-order valence-electron chi connectivity index (χ2n) is 4.49. The van der Waals surface area contributed by atoms with E-state index in [1.807, 2.05) is 18.2 Å². The van der Waals surface area contributed by atoms with Gasteiger partial charge in [-0.1, -0.05) is 29.8 Å². The van der Waals surface area contributed by atoms with Crippen molar-refractivity contribution in [2.45, 2.75) is 11.8 Å². The molecule has 1 aliphatic rings. The van der Waals surface area contributed by atoms with Crippen LogP contribution >= 0.6 is 23.2 Å². The number of halogens is 3. The molecule has 0 bridgehead atoms. The molecule has 98 valence electrons. The van der Waals surface area contributed by atoms with Crippen LogP contribution < -0.4 is 4.74 Å². The molecule has 0 N–H and O–H groups in total. The zero-order chi connectivity index (χ0) is 13.4. The molecule has 2 aromatic carbocycles. The minimum atomic E-state index is -0.390. The predicted molar refractivity (Wildman–Crippen MR) is 74.7 cm³/mol. The molecule has 1 atom stereocenters. The molecule has 2 aromatic rings. The first-order valence-electron chi connectivity index (χ1n) is 6.00. The Hall–Kier alpha value is -1.25. The quantitative estimate of drug-likeness (QED) is 0.727. The van der Waals surface area contributed by atoms with Gasteiger partial charge in [-0.3, -0.25) is 0 Å². The third-order valence-electron chi connectivity index (χ3n) is 3.24. The molecule has 0 radical (unpaired) electrons. The van der Waals surface area contributed by atoms with Crippen molar-refractivity contribution in [3.63, 3.8) is 0 Å². The summed E-state index contributed by atoms with van der Waals surface area (Å²) in [5, 5.41) is -0.0456. The van der Waals surface area contributed by atoms with E-state index in [1.165, 1.54) is 12.1 Å². The Morgan fingerprint density at radius 2 is 2.00 bits per heavy atom. The van der Waals surface area contributed by atoms with E-state index in [0.717, 1.165) is 23.3 Å². The largest absolute Gasteiger partial charge is 0.493 e. The van der Waals surface area contributed by atoms with Gasteiger partial charge >= 0.3 is 0 Å². The topological polar surface area (TPSA) is 9.23 Å². The summed E-state index contributed by atoms with van der Waals surface area (Å²) in [5.74, 6) is 0.554. The first-order valence-corrected chi connectivity index (χ1v) is 6.81. The van der Waals surface area contributed by atoms with Gasteiger partial charge in [0, 0.05) is 11.4 Å². The number of ether oxygens (including phenoxy) is 1. The average molecular weight is 297 g/mol. The SMILES string of the molecule is Fc1ccc(C(Cl)c2ccc3c(c2)CCO3)c(Cl)c1. The summed E-state index contributed by atoms with van der Waals surface area (Å²) < 4.78 is 18.5. The molecule has 0 spiro atoms. The Morgan fingerprint density at radius 1 is 1.16 bits per heavy atom. The smallest absolute Gasteiger partial charge is 0.124 e. The van der Waals surface area contributed by atoms with Gasteiger partial charge in [-0.05, 0) is 34.9 Å². The third-order valence-corrected chi connectivity index (χ3v) is 4.06. The van der Waals surface area contributed by atoms with E-state index in [0.29, 0.717) is 17.2 Å². The third kappa shape index (κ3) is 2.43. The molecule has 0 aliphatic carbocycles. The fourth-order valence-corrected chi connectivity index (χ4v) is 2.91. The average Bonchev–Trinajstić information content (AvgIpc) is 2.85. The lowest BCUT2D eigenvalue weighted by molar-refractivity contribution is 0.357. The molecule has 19 heavy (non-hydrogen) atoms. The lowest BCUT2D eigenvalue weighted by atomic mass is 10.0. The van der Waals surface area contributed by atoms with Crippen molar-refractivity contribution in [1.82, 2.24) is 0 Å². The van der Waals surface area contributed by atoms with Crippen LogP contribution in [0, 0.1) is 5.82 Å². The predicted octanol–water partition coefficient (Wildman–Crippen LogP) is 4.74. The zero-order valence-electron chi connectivity index (χ0n) is 10.00. The fourth-order valence-electron chi connectivity index (χ4n) is 2.25. The highest BCUT2D eigenvalue weighted by molar-refractivity contribution is 6.33. The van der Waals surface area contributed by atoms with Crippen LogP contribution in [0.3, 0.4) is 0 Å². The molecular weight excluding hydrogens is 286 g/mol. The summed E-state index contributed by atoms with van der Waals surface area (Å²) in [6.07, 6.45) is 0.893. The van der Waals surface area contributed by atoms with E-state index in [4.69, 9.17) is 27.9 Å². The van der Waals surface area contributed by atoms with Crippen LogP contribution in [-0.2, 0) is 6.42 Å². The molecule has 1 unspecified atom stereocenters. The summed E-state index contributed by atoms with van der Waals surface area (Å²) in [6.45, 7) is 0.711. The van der Waals surface area contributed by atoms with E-state index >= 15 is 0 Å². The lowest BCUT2D eigenvalue weighted by Gasteiger charge is -2.13. The first-order chi connectivity index (χ1) is 9.15. The van der Waals surface area contributed by atoms with E-state index in [9.17, 15) is 4.39 Å². The minimum absolute atomic E-state index is 0.344. The van der Waals surface area contributed by atoms with Gasteiger partial charge in [-0.25, -0.2) is 4.39 Å². The number of hydrogen-bond donors (Lipinski definition) is 0. The van der Waals surface area contributed by atoms with E-state index in [1.54, 1.807) is 6.07 Å². The molecule has 1 heterocycles. The highest BCUT2D eigenvalue weighted by Crippen LogP contribution is 2.36. The van der Waals surface area contributed by atoms with Gasteiger partial charge in [-0.2, -0.15) is 0 Å². The molecule has 0 amide bonds. The number of benzene rings is 2. The van der Waals surface area contributed by atoms with Crippen LogP contribution in [0.25, 0.3) is 0 Å². The monoisotopic (exact) mass is 296 g/mol. The molecule has 1 nitrogen and oxygen atoms in total. The Bertz CT molecular complexity index is 628. The summed E-state index contributed by atoms with van der Waals surface area (Å²) in [5.41, 5.74) is 2.81. The fraction of sp³-hybridized carbons (Fsp3) is 0.200. The maximum Gasteiger partial charge on any atom is 0.124 e. The van der Waals surface area contributed by atoms with Crippen molar-refractivity contribution in [1.29, 1.82) is 0 Å². The number of fused-ring (bicyclic) bond motifs is 1. The summed E-state index contributed by atoms with van der Waals surface area (Å²) in [7, 11) is 0. The second kappa shape index (κ2) is 5.03. The van der Waals surface area contributed by atoms with Crippen LogP contribution in [0.2, 0.25) is 5.02 Å². The Morgan fingerprint density at radius 3 is 2.79 bits per heavy atom. The van der Waals surface area contributed by atoms with Crippen molar-refractivity contribution < 1.29 is 9.13 Å². The van der Waals surface area contributed by atoms with Crippen molar-refractivity contribution in [3.8, 4) is 5.75 Å². The highest BCUT2D eigenvalue weighted by Gasteiger charge is 2.18. The molecule has 0 saturated carbocycles. The molecular formula is C15H11Cl2FO. The Labute approximate surface area is 120 Å². The van der Waals surface area contributed by atoms with Crippen molar-refractivity contribution >= 4 is 23.2 Å². The van der Waals surface area contributed by atoms with E-state index in [2.05, 4.69) is 0 Å². The lowest BCUT2D eigenvalue weighted by Crippen LogP contribution is -1.96. The summed E-state index contributed by atoms with van der Waals surface area (Å²) in [6, 6.07) is 10.1. The van der Waals surface area contributed by atoms with Crippen molar-refractivity contribution in [2.75, 3.05) is 6.61 Å². The van der Waals surface area contributed by atoms with E-state index < -0.39 is 0 Å². The van der Waals surface area contributed by atoms with Crippen LogP contribution in [-0.4, -0.2) is 6.61 Å². The van der Waals surface area contributed by atoms with Crippen LogP contribution in [0.1, 0.15) is 22.1 Å². The standard InChI is InChI=1S/C15H11Cl2FO/c16-13-8-11(18)2-3-12(13)15(17)10-1-4-14-9(7-10)5-6-19-14/h1-4,7-8,15H,5-6H2. The van der Waals surface area contributed by atoms with Crippen molar-refractivity contribution in [2.24, 2.45) is 0 Å². The summed E-state index contributed by atoms with van der Waals surface area (Å²) >= 11 is 12.5. The molecule has 0 fully saturated rings. The number of alkyl halides is 1. The first kappa shape index (κ1) is 12.8. The normalized spacial score (nSPS) is 14.9. The number of rotatable bonds is 2. The zero-order valence-corrected chi connectivity index (χ0v) is 11.5. The van der Waals surface area contributed by atoms with Gasteiger partial charge in [-0.15, -0.1) is 11.6 Å². The van der Waals surface area contributed by atoms with Gasteiger partial charge in [0.05, 0.1) is 12.0 Å². The minimum Gasteiger partial charge on any atom is -0.493 e. The van der Waals surface area contributed by atoms with Gasteiger partial charge in [0.15, 0.2) is 0 Å². The Balaban J connectivity index is 1.97. The molecule has 1 aliphatic heterocycles. The Kier molecular flexibility index (Phi) is 3.38. The molecule has 0 saturated heterocycles. The van der Waals surface area contributed by atoms with Crippen LogP contribution in [0.4, 0.5) is 4.39 Å². The van der Waals surface area contributed by atoms with Gasteiger partial charge in [0.25, 0.3) is 0 Å². The van der Waals surface area contributed by atoms with Crippen LogP contribution in [0.15, 0.2) is 36.4 Å².